The van der Waals surface area contributed by atoms with Gasteiger partial charge in [0.25, 0.3) is 5.91 Å². The summed E-state index contributed by atoms with van der Waals surface area (Å²) in [4.78, 5) is 25.1. The minimum Gasteiger partial charge on any atom is -0.346 e. The molecule has 0 aliphatic carbocycles. The maximum absolute atomic E-state index is 13.6. The first-order chi connectivity index (χ1) is 12.5. The number of carbonyl (C=O) groups excluding carboxylic acids is 1. The van der Waals surface area contributed by atoms with Gasteiger partial charge in [0, 0.05) is 12.1 Å². The van der Waals surface area contributed by atoms with Crippen molar-refractivity contribution >= 4 is 12.1 Å². The van der Waals surface area contributed by atoms with Crippen LogP contribution in [0.3, 0.4) is 0 Å². The van der Waals surface area contributed by atoms with Crippen molar-refractivity contribution in [3.63, 3.8) is 0 Å². The molecule has 0 radical (unpaired) electrons. The van der Waals surface area contributed by atoms with E-state index in [1.54, 1.807) is 18.2 Å². The number of aromatic nitrogens is 3. The van der Waals surface area contributed by atoms with E-state index in [-0.39, 0.29) is 12.2 Å². The topological polar surface area (TPSA) is 92.1 Å². The van der Waals surface area contributed by atoms with Crippen LogP contribution in [0.2, 0.25) is 0 Å². The molecule has 1 aromatic heterocycles. The van der Waals surface area contributed by atoms with Crippen LogP contribution in [-0.4, -0.2) is 27.2 Å². The summed E-state index contributed by atoms with van der Waals surface area (Å²) in [6.07, 6.45) is 1.47. The second kappa shape index (κ2) is 7.56. The third kappa shape index (κ3) is 3.92. The maximum Gasteiger partial charge on any atom is 0.320 e. The number of aryl methyl sites for hydroxylation is 1. The third-order valence-electron chi connectivity index (χ3n) is 3.66. The van der Waals surface area contributed by atoms with Crippen molar-refractivity contribution in [1.29, 1.82) is 0 Å². The van der Waals surface area contributed by atoms with E-state index in [0.717, 1.165) is 15.9 Å². The van der Waals surface area contributed by atoms with Crippen molar-refractivity contribution in [3.8, 4) is 0 Å². The van der Waals surface area contributed by atoms with Gasteiger partial charge in [-0.15, -0.1) is 9.89 Å². The summed E-state index contributed by atoms with van der Waals surface area (Å²) in [7, 11) is 0. The van der Waals surface area contributed by atoms with E-state index in [1.807, 2.05) is 31.2 Å². The number of rotatable bonds is 5. The Hall–Kier alpha value is -3.55. The van der Waals surface area contributed by atoms with E-state index in [9.17, 15) is 14.0 Å². The summed E-state index contributed by atoms with van der Waals surface area (Å²) in [5.41, 5.74) is 1.17. The summed E-state index contributed by atoms with van der Waals surface area (Å²) in [5.74, 6) is -1.14. The maximum atomic E-state index is 13.6. The molecule has 1 amide bonds. The number of nitrogens with zero attached hydrogens (tertiary/aromatic N) is 3. The number of nitrogens with one attached hydrogen (secondary N) is 2. The first kappa shape index (κ1) is 17.3. The smallest absolute Gasteiger partial charge is 0.320 e. The highest BCUT2D eigenvalue weighted by Crippen LogP contribution is 2.05. The van der Waals surface area contributed by atoms with Crippen LogP contribution in [0, 0.1) is 12.7 Å². The van der Waals surface area contributed by atoms with E-state index in [4.69, 9.17) is 0 Å². The fourth-order valence-electron chi connectivity index (χ4n) is 2.19. The Labute approximate surface area is 148 Å². The lowest BCUT2D eigenvalue weighted by molar-refractivity contribution is 0.0944. The van der Waals surface area contributed by atoms with Crippen LogP contribution in [-0.2, 0) is 6.54 Å². The monoisotopic (exact) mass is 353 g/mol. The molecular formula is C18H16FN5O2. The molecule has 26 heavy (non-hydrogen) atoms. The van der Waals surface area contributed by atoms with Crippen LogP contribution in [0.1, 0.15) is 27.2 Å². The van der Waals surface area contributed by atoms with Gasteiger partial charge in [0.05, 0.1) is 6.21 Å². The van der Waals surface area contributed by atoms with E-state index < -0.39 is 17.3 Å². The first-order valence-corrected chi connectivity index (χ1v) is 7.84. The van der Waals surface area contributed by atoms with Crippen LogP contribution >= 0.6 is 0 Å². The van der Waals surface area contributed by atoms with Crippen molar-refractivity contribution in [3.05, 3.63) is 87.1 Å². The van der Waals surface area contributed by atoms with Gasteiger partial charge in [-0.25, -0.2) is 4.39 Å². The normalized spacial score (nSPS) is 11.0. The average Bonchev–Trinajstić information content (AvgIpc) is 3.01. The molecule has 7 nitrogen and oxygen atoms in total. The Bertz CT molecular complexity index is 1000. The van der Waals surface area contributed by atoms with Crippen molar-refractivity contribution in [2.24, 2.45) is 5.10 Å². The summed E-state index contributed by atoms with van der Waals surface area (Å²) in [6, 6.07) is 13.6. The molecular weight excluding hydrogens is 337 g/mol. The summed E-state index contributed by atoms with van der Waals surface area (Å²) >= 11 is 0. The molecule has 0 aliphatic heterocycles. The number of hydrogen-bond acceptors (Lipinski definition) is 4. The zero-order chi connectivity index (χ0) is 18.5. The van der Waals surface area contributed by atoms with E-state index in [2.05, 4.69) is 20.7 Å². The first-order valence-electron chi connectivity index (χ1n) is 7.84. The molecule has 3 rings (SSSR count). The summed E-state index contributed by atoms with van der Waals surface area (Å²) in [5, 5.41) is 12.5. The minimum absolute atomic E-state index is 0.0511. The standard InChI is InChI=1S/C18H16FN5O2/c1-12-6-8-13(9-7-12)10-21-24-18(26)16(22-23-24)17(25)20-11-14-4-2-3-5-15(14)19/h2-10,23H,11H2,1H3,(H,20,25). The van der Waals surface area contributed by atoms with Crippen LogP contribution in [0.4, 0.5) is 4.39 Å². The zero-order valence-electron chi connectivity index (χ0n) is 13.9. The Kier molecular flexibility index (Phi) is 5.02. The average molecular weight is 353 g/mol. The summed E-state index contributed by atoms with van der Waals surface area (Å²) in [6.45, 7) is 1.91. The highest BCUT2D eigenvalue weighted by molar-refractivity contribution is 5.91. The van der Waals surface area contributed by atoms with Crippen molar-refractivity contribution in [2.45, 2.75) is 13.5 Å². The number of aromatic amines is 1. The van der Waals surface area contributed by atoms with Crippen LogP contribution < -0.4 is 10.9 Å². The molecule has 8 heteroatoms. The Balaban J connectivity index is 1.70. The molecule has 0 bridgehead atoms. The van der Waals surface area contributed by atoms with Crippen LogP contribution in [0.25, 0.3) is 0 Å². The van der Waals surface area contributed by atoms with Crippen molar-refractivity contribution in [2.75, 3.05) is 0 Å². The number of hydrogen-bond donors (Lipinski definition) is 2. The molecule has 132 valence electrons. The van der Waals surface area contributed by atoms with Gasteiger partial charge in [-0.05, 0) is 18.6 Å². The lowest BCUT2D eigenvalue weighted by Gasteiger charge is -2.03. The molecule has 0 spiro atoms. The predicted octanol–water partition coefficient (Wildman–Crippen LogP) is 1.83. The van der Waals surface area contributed by atoms with Crippen molar-refractivity contribution < 1.29 is 9.18 Å². The molecule has 2 aromatic carbocycles. The number of amides is 1. The van der Waals surface area contributed by atoms with Gasteiger partial charge >= 0.3 is 5.56 Å². The quantitative estimate of drug-likeness (QED) is 0.686. The fourth-order valence-corrected chi connectivity index (χ4v) is 2.19. The van der Waals surface area contributed by atoms with Gasteiger partial charge in [-0.1, -0.05) is 48.0 Å². The molecule has 0 saturated carbocycles. The van der Waals surface area contributed by atoms with Gasteiger partial charge < -0.3 is 5.32 Å². The highest BCUT2D eigenvalue weighted by Gasteiger charge is 2.16. The molecule has 0 aliphatic rings. The Morgan fingerprint density at radius 3 is 2.73 bits per heavy atom. The SMILES string of the molecule is Cc1ccc(C=Nn2[nH]nc(C(=O)NCc3ccccc3F)c2=O)cc1. The van der Waals surface area contributed by atoms with Crippen LogP contribution in [0.15, 0.2) is 58.4 Å². The van der Waals surface area contributed by atoms with E-state index in [0.29, 0.717) is 5.56 Å². The third-order valence-corrected chi connectivity index (χ3v) is 3.66. The Morgan fingerprint density at radius 2 is 2.00 bits per heavy atom. The van der Waals surface area contributed by atoms with Crippen molar-refractivity contribution in [1.82, 2.24) is 20.4 Å². The Morgan fingerprint density at radius 1 is 1.27 bits per heavy atom. The van der Waals surface area contributed by atoms with Gasteiger partial charge in [0.1, 0.15) is 5.82 Å². The molecule has 2 N–H and O–H groups in total. The molecule has 0 fully saturated rings. The summed E-state index contributed by atoms with van der Waals surface area (Å²) < 4.78 is 13.6. The fraction of sp³-hybridized carbons (Fsp3) is 0.111. The highest BCUT2D eigenvalue weighted by atomic mass is 19.1. The molecule has 0 atom stereocenters. The second-order valence-electron chi connectivity index (χ2n) is 5.61. The van der Waals surface area contributed by atoms with Gasteiger partial charge in [-0.3, -0.25) is 9.59 Å². The molecule has 1 heterocycles. The molecule has 0 unspecified atom stereocenters. The minimum atomic E-state index is -0.709. The van der Waals surface area contributed by atoms with E-state index >= 15 is 0 Å². The number of benzene rings is 2. The number of halogens is 1. The van der Waals surface area contributed by atoms with Gasteiger partial charge in [-0.2, -0.15) is 10.3 Å². The molecule has 3 aromatic rings. The van der Waals surface area contributed by atoms with Gasteiger partial charge in [0.15, 0.2) is 0 Å². The van der Waals surface area contributed by atoms with E-state index in [1.165, 1.54) is 12.3 Å². The number of H-pyrrole nitrogens is 1. The van der Waals surface area contributed by atoms with Crippen LogP contribution in [0.5, 0.6) is 0 Å². The second-order valence-corrected chi connectivity index (χ2v) is 5.61. The lowest BCUT2D eigenvalue weighted by Crippen LogP contribution is -2.29. The molecule has 0 saturated heterocycles. The largest absolute Gasteiger partial charge is 0.346 e. The lowest BCUT2D eigenvalue weighted by atomic mass is 10.2. The zero-order valence-corrected chi connectivity index (χ0v) is 13.9. The number of carbonyl (C=O) groups is 1. The predicted molar refractivity (Wildman–Crippen MR) is 94.6 cm³/mol. The van der Waals surface area contributed by atoms with Gasteiger partial charge in [0.2, 0.25) is 5.69 Å².